The van der Waals surface area contributed by atoms with Crippen LogP contribution in [0.25, 0.3) is 0 Å². The summed E-state index contributed by atoms with van der Waals surface area (Å²) in [5.41, 5.74) is 0.905. The molecule has 2 aromatic carbocycles. The van der Waals surface area contributed by atoms with E-state index in [9.17, 15) is 4.39 Å². The van der Waals surface area contributed by atoms with Gasteiger partial charge in [0.25, 0.3) is 0 Å². The molecule has 136 valence electrons. The monoisotopic (exact) mass is 373 g/mol. The first-order valence-corrected chi connectivity index (χ1v) is 9.12. The molecule has 0 saturated carbocycles. The molecule has 1 unspecified atom stereocenters. The van der Waals surface area contributed by atoms with Gasteiger partial charge in [0, 0.05) is 12.8 Å². The molecule has 0 spiro atoms. The molecule has 0 N–H and O–H groups in total. The van der Waals surface area contributed by atoms with Crippen LogP contribution in [0.15, 0.2) is 53.7 Å². The molecule has 0 radical (unpaired) electrons. The van der Waals surface area contributed by atoms with Crippen molar-refractivity contribution in [2.45, 2.75) is 23.9 Å². The molecule has 3 aromatic rings. The maximum Gasteiger partial charge on any atom is 0.191 e. The highest BCUT2D eigenvalue weighted by atomic mass is 32.2. The summed E-state index contributed by atoms with van der Waals surface area (Å²) in [6.07, 6.45) is -0.260. The molecule has 26 heavy (non-hydrogen) atoms. The molecule has 0 aliphatic carbocycles. The van der Waals surface area contributed by atoms with Crippen LogP contribution in [0.3, 0.4) is 0 Å². The number of benzene rings is 2. The van der Waals surface area contributed by atoms with Crippen LogP contribution in [-0.4, -0.2) is 21.9 Å². The number of halogens is 1. The molecule has 1 heterocycles. The van der Waals surface area contributed by atoms with E-state index in [0.717, 1.165) is 28.0 Å². The van der Waals surface area contributed by atoms with Crippen LogP contribution in [0.2, 0.25) is 0 Å². The van der Waals surface area contributed by atoms with Gasteiger partial charge in [0.1, 0.15) is 17.3 Å². The van der Waals surface area contributed by atoms with Crippen molar-refractivity contribution in [3.8, 4) is 11.5 Å². The first kappa shape index (κ1) is 18.3. The van der Waals surface area contributed by atoms with E-state index in [0.29, 0.717) is 5.75 Å². The molecular formula is C19H20FN3O2S. The van der Waals surface area contributed by atoms with Crippen molar-refractivity contribution in [1.29, 1.82) is 0 Å². The zero-order valence-electron chi connectivity index (χ0n) is 14.8. The largest absolute Gasteiger partial charge is 0.497 e. The van der Waals surface area contributed by atoms with E-state index in [2.05, 4.69) is 10.2 Å². The summed E-state index contributed by atoms with van der Waals surface area (Å²) >= 11 is 1.51. The van der Waals surface area contributed by atoms with Gasteiger partial charge in [-0.25, -0.2) is 4.39 Å². The Morgan fingerprint density at radius 2 is 1.85 bits per heavy atom. The highest BCUT2D eigenvalue weighted by Gasteiger charge is 2.17. The van der Waals surface area contributed by atoms with Crippen LogP contribution in [-0.2, 0) is 12.8 Å². The number of thioether (sulfide) groups is 1. The van der Waals surface area contributed by atoms with Crippen molar-refractivity contribution in [3.63, 3.8) is 0 Å². The molecule has 0 amide bonds. The van der Waals surface area contributed by atoms with Crippen LogP contribution < -0.4 is 9.47 Å². The Hall–Kier alpha value is -2.54. The van der Waals surface area contributed by atoms with Crippen molar-refractivity contribution in [2.24, 2.45) is 7.05 Å². The van der Waals surface area contributed by atoms with Gasteiger partial charge in [0.05, 0.1) is 7.11 Å². The molecule has 0 aliphatic heterocycles. The molecule has 0 saturated heterocycles. The van der Waals surface area contributed by atoms with Gasteiger partial charge in [-0.1, -0.05) is 23.9 Å². The zero-order valence-corrected chi connectivity index (χ0v) is 15.7. The van der Waals surface area contributed by atoms with Crippen LogP contribution >= 0.6 is 11.8 Å². The van der Waals surface area contributed by atoms with E-state index in [1.807, 2.05) is 48.9 Å². The number of hydrogen-bond acceptors (Lipinski definition) is 5. The topological polar surface area (TPSA) is 49.2 Å². The summed E-state index contributed by atoms with van der Waals surface area (Å²) in [5, 5.41) is 9.23. The molecule has 1 aromatic heterocycles. The fraction of sp³-hybridized carbons (Fsp3) is 0.263. The second kappa shape index (κ2) is 8.23. The molecule has 0 bridgehead atoms. The van der Waals surface area contributed by atoms with Gasteiger partial charge in [0.15, 0.2) is 17.1 Å². The lowest BCUT2D eigenvalue weighted by Gasteiger charge is -2.14. The Morgan fingerprint density at radius 3 is 2.54 bits per heavy atom. The van der Waals surface area contributed by atoms with Gasteiger partial charge in [0.2, 0.25) is 0 Å². The molecule has 0 fully saturated rings. The third-order valence-electron chi connectivity index (χ3n) is 3.86. The average molecular weight is 373 g/mol. The summed E-state index contributed by atoms with van der Waals surface area (Å²) in [7, 11) is 3.53. The summed E-state index contributed by atoms with van der Waals surface area (Å²) in [6.45, 7) is 1.93. The number of methoxy groups -OCH3 is 1. The number of hydrogen-bond donors (Lipinski definition) is 0. The predicted molar refractivity (Wildman–Crippen MR) is 99.0 cm³/mol. The van der Waals surface area contributed by atoms with Gasteiger partial charge in [-0.05, 0) is 48.9 Å². The predicted octanol–water partition coefficient (Wildman–Crippen LogP) is 4.40. The number of ether oxygens (including phenoxy) is 2. The lowest BCUT2D eigenvalue weighted by molar-refractivity contribution is 0.211. The molecule has 3 rings (SSSR count). The minimum absolute atomic E-state index is 0.233. The Balaban J connectivity index is 1.65. The van der Waals surface area contributed by atoms with Crippen LogP contribution in [0, 0.1) is 5.82 Å². The van der Waals surface area contributed by atoms with Crippen LogP contribution in [0.1, 0.15) is 24.4 Å². The Bertz CT molecular complexity index is 867. The lowest BCUT2D eigenvalue weighted by atomic mass is 10.2. The maximum absolute atomic E-state index is 13.3. The second-order valence-corrected chi connectivity index (χ2v) is 6.70. The minimum Gasteiger partial charge on any atom is -0.497 e. The molecule has 0 aliphatic rings. The molecule has 1 atom stereocenters. The van der Waals surface area contributed by atoms with Crippen molar-refractivity contribution in [1.82, 2.24) is 14.8 Å². The van der Waals surface area contributed by atoms with Gasteiger partial charge in [-0.15, -0.1) is 10.2 Å². The van der Waals surface area contributed by atoms with Crippen LogP contribution in [0.4, 0.5) is 4.39 Å². The van der Waals surface area contributed by atoms with Crippen molar-refractivity contribution in [2.75, 3.05) is 7.11 Å². The van der Waals surface area contributed by atoms with E-state index in [-0.39, 0.29) is 11.9 Å². The zero-order chi connectivity index (χ0) is 18.5. The van der Waals surface area contributed by atoms with Crippen molar-refractivity contribution < 1.29 is 13.9 Å². The first-order valence-electron chi connectivity index (χ1n) is 8.14. The van der Waals surface area contributed by atoms with Gasteiger partial charge >= 0.3 is 0 Å². The quantitative estimate of drug-likeness (QED) is 0.575. The van der Waals surface area contributed by atoms with Gasteiger partial charge in [-0.3, -0.25) is 0 Å². The number of nitrogens with zero attached hydrogens (tertiary/aromatic N) is 3. The Morgan fingerprint density at radius 1 is 1.12 bits per heavy atom. The van der Waals surface area contributed by atoms with Crippen LogP contribution in [0.5, 0.6) is 11.5 Å². The fourth-order valence-corrected chi connectivity index (χ4v) is 3.35. The second-order valence-electron chi connectivity index (χ2n) is 5.75. The summed E-state index contributed by atoms with van der Waals surface area (Å²) < 4.78 is 26.2. The van der Waals surface area contributed by atoms with E-state index >= 15 is 0 Å². The normalized spacial score (nSPS) is 12.0. The third kappa shape index (κ3) is 4.35. The SMILES string of the molecule is COc1ccc(OC(C)c2nnc(SCc3cccc(F)c3)n2C)cc1. The summed E-state index contributed by atoms with van der Waals surface area (Å²) in [4.78, 5) is 0. The van der Waals surface area contributed by atoms with E-state index in [4.69, 9.17) is 9.47 Å². The Labute approximate surface area is 156 Å². The highest BCUT2D eigenvalue weighted by molar-refractivity contribution is 7.98. The fourth-order valence-electron chi connectivity index (χ4n) is 2.49. The van der Waals surface area contributed by atoms with E-state index in [1.54, 1.807) is 13.2 Å². The number of rotatable bonds is 7. The number of aromatic nitrogens is 3. The van der Waals surface area contributed by atoms with Crippen molar-refractivity contribution >= 4 is 11.8 Å². The maximum atomic E-state index is 13.3. The van der Waals surface area contributed by atoms with Gasteiger partial charge in [-0.2, -0.15) is 0 Å². The molecule has 7 heteroatoms. The molecular weight excluding hydrogens is 353 g/mol. The smallest absolute Gasteiger partial charge is 0.191 e. The van der Waals surface area contributed by atoms with Gasteiger partial charge < -0.3 is 14.0 Å². The lowest BCUT2D eigenvalue weighted by Crippen LogP contribution is -2.10. The van der Waals surface area contributed by atoms with E-state index < -0.39 is 0 Å². The third-order valence-corrected chi connectivity index (χ3v) is 4.95. The summed E-state index contributed by atoms with van der Waals surface area (Å²) in [6, 6.07) is 14.0. The highest BCUT2D eigenvalue weighted by Crippen LogP contribution is 2.26. The average Bonchev–Trinajstić information content (AvgIpc) is 3.01. The van der Waals surface area contributed by atoms with E-state index in [1.165, 1.54) is 23.9 Å². The van der Waals surface area contributed by atoms with Crippen molar-refractivity contribution in [3.05, 3.63) is 65.7 Å². The minimum atomic E-state index is -0.260. The Kier molecular flexibility index (Phi) is 5.78. The standard InChI is InChI=1S/C19H20FN3O2S/c1-13(25-17-9-7-16(24-3)8-10-17)18-21-22-19(23(18)2)26-12-14-5-4-6-15(20)11-14/h4-11,13H,12H2,1-3H3. The molecule has 5 nitrogen and oxygen atoms in total. The summed E-state index contributed by atoms with van der Waals surface area (Å²) in [5.74, 6) is 2.62. The first-order chi connectivity index (χ1) is 12.6.